The number of aryl methyl sites for hydroxylation is 2. The van der Waals surface area contributed by atoms with Crippen LogP contribution >= 0.6 is 0 Å². The van der Waals surface area contributed by atoms with Crippen molar-refractivity contribution in [1.29, 1.82) is 0 Å². The molecule has 0 aliphatic rings. The van der Waals surface area contributed by atoms with Gasteiger partial charge < -0.3 is 10.4 Å². The average Bonchev–Trinajstić information content (AvgIpc) is 2.22. The molecule has 0 aromatic carbocycles. The highest BCUT2D eigenvalue weighted by atomic mass is 16.4. The molecule has 1 aromatic heterocycles. The molecule has 0 saturated heterocycles. The summed E-state index contributed by atoms with van der Waals surface area (Å²) in [7, 11) is 0. The fourth-order valence-electron chi connectivity index (χ4n) is 1.51. The van der Waals surface area contributed by atoms with Crippen molar-refractivity contribution < 1.29 is 14.7 Å². The Morgan fingerprint density at radius 2 is 2.06 bits per heavy atom. The second-order valence-electron chi connectivity index (χ2n) is 4.05. The van der Waals surface area contributed by atoms with E-state index in [9.17, 15) is 9.59 Å². The van der Waals surface area contributed by atoms with Gasteiger partial charge >= 0.3 is 12.0 Å². The summed E-state index contributed by atoms with van der Waals surface area (Å²) in [5, 5.41) is 13.6. The van der Waals surface area contributed by atoms with E-state index in [0.29, 0.717) is 18.8 Å². The Kier molecular flexibility index (Phi) is 5.10. The van der Waals surface area contributed by atoms with Crippen LogP contribution in [0.5, 0.6) is 0 Å². The molecule has 0 unspecified atom stereocenters. The summed E-state index contributed by atoms with van der Waals surface area (Å²) in [5.74, 6) is -0.378. The maximum atomic E-state index is 11.5. The van der Waals surface area contributed by atoms with Crippen LogP contribution in [0.1, 0.15) is 24.1 Å². The van der Waals surface area contributed by atoms with Crippen molar-refractivity contribution in [2.24, 2.45) is 0 Å². The number of nitrogens with zero attached hydrogens (tertiary/aromatic N) is 1. The van der Waals surface area contributed by atoms with E-state index in [2.05, 4.69) is 15.6 Å². The molecule has 18 heavy (non-hydrogen) atoms. The molecule has 0 bridgehead atoms. The Balaban J connectivity index is 2.37. The molecule has 6 nitrogen and oxygen atoms in total. The molecule has 1 aromatic rings. The second-order valence-corrected chi connectivity index (χ2v) is 4.05. The van der Waals surface area contributed by atoms with Gasteiger partial charge in [0.1, 0.15) is 5.82 Å². The van der Waals surface area contributed by atoms with Crippen LogP contribution < -0.4 is 10.6 Å². The number of aromatic nitrogens is 1. The van der Waals surface area contributed by atoms with Gasteiger partial charge in [0.25, 0.3) is 0 Å². The van der Waals surface area contributed by atoms with Gasteiger partial charge in [-0.25, -0.2) is 9.78 Å². The number of amides is 2. The molecular formula is C12H17N3O3. The molecule has 0 atom stereocenters. The average molecular weight is 251 g/mol. The van der Waals surface area contributed by atoms with E-state index in [0.717, 1.165) is 11.3 Å². The van der Waals surface area contributed by atoms with Gasteiger partial charge in [0.05, 0.1) is 0 Å². The summed E-state index contributed by atoms with van der Waals surface area (Å²) in [5.41, 5.74) is 1.85. The van der Waals surface area contributed by atoms with E-state index in [1.54, 1.807) is 6.07 Å². The van der Waals surface area contributed by atoms with Crippen LogP contribution in [-0.4, -0.2) is 28.6 Å². The number of rotatable bonds is 5. The monoisotopic (exact) mass is 251 g/mol. The van der Waals surface area contributed by atoms with Gasteiger partial charge in [-0.2, -0.15) is 0 Å². The van der Waals surface area contributed by atoms with Gasteiger partial charge in [0.2, 0.25) is 0 Å². The third kappa shape index (κ3) is 5.29. The molecule has 0 aliphatic heterocycles. The number of hydrogen-bond donors (Lipinski definition) is 3. The Hall–Kier alpha value is -2.11. The van der Waals surface area contributed by atoms with Gasteiger partial charge in [0, 0.05) is 18.7 Å². The Morgan fingerprint density at radius 3 is 2.67 bits per heavy atom. The zero-order valence-electron chi connectivity index (χ0n) is 10.5. The smallest absolute Gasteiger partial charge is 0.320 e. The normalized spacial score (nSPS) is 9.89. The number of urea groups is 1. The van der Waals surface area contributed by atoms with Crippen molar-refractivity contribution >= 4 is 17.8 Å². The first-order valence-electron chi connectivity index (χ1n) is 5.69. The Morgan fingerprint density at radius 1 is 1.33 bits per heavy atom. The van der Waals surface area contributed by atoms with Crippen molar-refractivity contribution in [2.45, 2.75) is 26.7 Å². The first-order chi connectivity index (χ1) is 8.47. The summed E-state index contributed by atoms with van der Waals surface area (Å²) in [4.78, 5) is 25.9. The molecule has 2 amide bonds. The van der Waals surface area contributed by atoms with E-state index in [-0.39, 0.29) is 12.5 Å². The van der Waals surface area contributed by atoms with E-state index in [1.165, 1.54) is 0 Å². The van der Waals surface area contributed by atoms with Crippen LogP contribution in [0.25, 0.3) is 0 Å². The lowest BCUT2D eigenvalue weighted by atomic mass is 10.2. The largest absolute Gasteiger partial charge is 0.481 e. The molecule has 1 heterocycles. The quantitative estimate of drug-likeness (QED) is 0.694. The van der Waals surface area contributed by atoms with Gasteiger partial charge in [-0.05, 0) is 38.0 Å². The highest BCUT2D eigenvalue weighted by Crippen LogP contribution is 2.08. The minimum Gasteiger partial charge on any atom is -0.481 e. The molecule has 6 heteroatoms. The van der Waals surface area contributed by atoms with Crippen molar-refractivity contribution in [1.82, 2.24) is 10.3 Å². The fraction of sp³-hybridized carbons (Fsp3) is 0.417. The molecule has 0 fully saturated rings. The van der Waals surface area contributed by atoms with E-state index in [1.807, 2.05) is 19.9 Å². The summed E-state index contributed by atoms with van der Waals surface area (Å²) in [6.07, 6.45) is 0.450. The van der Waals surface area contributed by atoms with Crippen molar-refractivity contribution in [3.05, 3.63) is 23.4 Å². The molecule has 1 rings (SSSR count). The Bertz CT molecular complexity index is 426. The SMILES string of the molecule is Cc1cc(C)nc(NC(=O)NCCCC(=O)O)c1. The number of pyridine rings is 1. The maximum Gasteiger partial charge on any atom is 0.320 e. The van der Waals surface area contributed by atoms with Crippen molar-refractivity contribution in [3.63, 3.8) is 0 Å². The number of nitrogens with one attached hydrogen (secondary N) is 2. The van der Waals surface area contributed by atoms with Crippen molar-refractivity contribution in [3.8, 4) is 0 Å². The molecule has 0 spiro atoms. The topological polar surface area (TPSA) is 91.3 Å². The third-order valence-corrected chi connectivity index (χ3v) is 2.19. The molecule has 98 valence electrons. The first kappa shape index (κ1) is 14.0. The van der Waals surface area contributed by atoms with E-state index < -0.39 is 5.97 Å². The highest BCUT2D eigenvalue weighted by Gasteiger charge is 2.04. The number of anilines is 1. The van der Waals surface area contributed by atoms with Crippen LogP contribution in [0.15, 0.2) is 12.1 Å². The number of carbonyl (C=O) groups is 2. The standard InChI is InChI=1S/C12H17N3O3/c1-8-6-9(2)14-10(7-8)15-12(18)13-5-3-4-11(16)17/h6-7H,3-5H2,1-2H3,(H,16,17)(H2,13,14,15,18). The lowest BCUT2D eigenvalue weighted by Gasteiger charge is -2.07. The van der Waals surface area contributed by atoms with Gasteiger partial charge in [-0.15, -0.1) is 0 Å². The summed E-state index contributed by atoms with van der Waals surface area (Å²) < 4.78 is 0. The van der Waals surface area contributed by atoms with E-state index in [4.69, 9.17) is 5.11 Å². The van der Waals surface area contributed by atoms with Crippen molar-refractivity contribution in [2.75, 3.05) is 11.9 Å². The fourth-order valence-corrected chi connectivity index (χ4v) is 1.51. The van der Waals surface area contributed by atoms with Crippen LogP contribution in [0.4, 0.5) is 10.6 Å². The van der Waals surface area contributed by atoms with Crippen LogP contribution in [0, 0.1) is 13.8 Å². The number of aliphatic carboxylic acids is 1. The van der Waals surface area contributed by atoms with Gasteiger partial charge in [-0.3, -0.25) is 10.1 Å². The lowest BCUT2D eigenvalue weighted by Crippen LogP contribution is -2.30. The third-order valence-electron chi connectivity index (χ3n) is 2.19. The van der Waals surface area contributed by atoms with Gasteiger partial charge in [0.15, 0.2) is 0 Å². The summed E-state index contributed by atoms with van der Waals surface area (Å²) >= 11 is 0. The van der Waals surface area contributed by atoms with Gasteiger partial charge in [-0.1, -0.05) is 0 Å². The summed E-state index contributed by atoms with van der Waals surface area (Å²) in [6, 6.07) is 3.30. The van der Waals surface area contributed by atoms with Crippen LogP contribution in [-0.2, 0) is 4.79 Å². The summed E-state index contributed by atoms with van der Waals surface area (Å²) in [6.45, 7) is 4.09. The number of carbonyl (C=O) groups excluding carboxylic acids is 1. The van der Waals surface area contributed by atoms with Crippen LogP contribution in [0.3, 0.4) is 0 Å². The second kappa shape index (κ2) is 6.58. The minimum absolute atomic E-state index is 0.0437. The molecule has 0 saturated carbocycles. The van der Waals surface area contributed by atoms with Crippen LogP contribution in [0.2, 0.25) is 0 Å². The number of hydrogen-bond acceptors (Lipinski definition) is 3. The predicted molar refractivity (Wildman–Crippen MR) is 67.6 cm³/mol. The lowest BCUT2D eigenvalue weighted by molar-refractivity contribution is -0.137. The number of carboxylic acids is 1. The number of carboxylic acid groups (broad SMARTS) is 1. The minimum atomic E-state index is -0.867. The molecule has 3 N–H and O–H groups in total. The maximum absolute atomic E-state index is 11.5. The first-order valence-corrected chi connectivity index (χ1v) is 5.69. The Labute approximate surface area is 105 Å². The molecule has 0 radical (unpaired) electrons. The zero-order valence-corrected chi connectivity index (χ0v) is 10.5. The van der Waals surface area contributed by atoms with E-state index >= 15 is 0 Å². The zero-order chi connectivity index (χ0) is 13.5. The highest BCUT2D eigenvalue weighted by molar-refractivity contribution is 5.88. The molecular weight excluding hydrogens is 234 g/mol. The predicted octanol–water partition coefficient (Wildman–Crippen LogP) is 1.68. The molecule has 0 aliphatic carbocycles.